The third-order valence-electron chi connectivity index (χ3n) is 14.9. The zero-order valence-corrected chi connectivity index (χ0v) is 32.8. The van der Waals surface area contributed by atoms with Crippen molar-refractivity contribution in [3.63, 3.8) is 0 Å². The average Bonchev–Trinajstić information content (AvgIpc) is 3.95. The quantitative estimate of drug-likeness (QED) is 0.174. The van der Waals surface area contributed by atoms with E-state index in [4.69, 9.17) is 9.47 Å². The first-order chi connectivity index (χ1) is 26.2. The monoisotopic (exact) mass is 767 g/mol. The molecular weight excluding hydrogens is 719 g/mol. The van der Waals surface area contributed by atoms with Crippen LogP contribution >= 0.6 is 21.6 Å². The van der Waals surface area contributed by atoms with Crippen LogP contribution in [0.2, 0.25) is 0 Å². The molecule has 7 atom stereocenters. The van der Waals surface area contributed by atoms with E-state index >= 15 is 0 Å². The number of hydrogen-bond donors (Lipinski definition) is 2. The molecule has 5 aliphatic heterocycles. The minimum Gasteiger partial charge on any atom is -0.427 e. The Labute approximate surface area is 325 Å². The summed E-state index contributed by atoms with van der Waals surface area (Å²) in [5.41, 5.74) is 5.28. The van der Waals surface area contributed by atoms with E-state index in [1.54, 1.807) is 10.8 Å². The molecule has 11 rings (SSSR count). The highest BCUT2D eigenvalue weighted by Gasteiger charge is 2.70. The second-order valence-electron chi connectivity index (χ2n) is 17.3. The number of fused-ring (bicyclic) bond motifs is 2. The number of nitrogens with zero attached hydrogens (tertiary/aromatic N) is 1. The molecule has 1 saturated heterocycles. The molecule has 6 aliphatic carbocycles. The van der Waals surface area contributed by atoms with Crippen molar-refractivity contribution < 1.29 is 28.7 Å². The van der Waals surface area contributed by atoms with Crippen LogP contribution in [0.4, 0.5) is 0 Å². The van der Waals surface area contributed by atoms with Crippen LogP contribution in [0.1, 0.15) is 84.5 Å². The molecule has 0 radical (unpaired) electrons. The molecule has 0 aromatic heterocycles. The van der Waals surface area contributed by atoms with Crippen molar-refractivity contribution >= 4 is 45.3 Å². The highest BCUT2D eigenvalue weighted by Crippen LogP contribution is 2.73. The lowest BCUT2D eigenvalue weighted by atomic mass is 9.42. The van der Waals surface area contributed by atoms with Crippen molar-refractivity contribution in [2.24, 2.45) is 46.3 Å². The number of carbonyl (C=O) groups is 4. The fraction of sp³-hybridized carbons (Fsp3) is 0.581. The van der Waals surface area contributed by atoms with Gasteiger partial charge in [0.15, 0.2) is 0 Å². The van der Waals surface area contributed by atoms with Gasteiger partial charge in [-0.25, -0.2) is 9.59 Å². The molecule has 54 heavy (non-hydrogen) atoms. The molecule has 2 saturated carbocycles. The average molecular weight is 768 g/mol. The first-order valence-electron chi connectivity index (χ1n) is 20.3. The van der Waals surface area contributed by atoms with Crippen LogP contribution in [0.3, 0.4) is 0 Å². The second-order valence-corrected chi connectivity index (χ2v) is 19.8. The molecule has 5 heterocycles. The summed E-state index contributed by atoms with van der Waals surface area (Å²) in [6.45, 7) is 5.27. The van der Waals surface area contributed by atoms with E-state index in [2.05, 4.69) is 42.7 Å². The fourth-order valence-electron chi connectivity index (χ4n) is 12.5. The van der Waals surface area contributed by atoms with Gasteiger partial charge in [0.1, 0.15) is 11.5 Å². The van der Waals surface area contributed by atoms with E-state index in [0.717, 1.165) is 96.9 Å². The van der Waals surface area contributed by atoms with Crippen LogP contribution in [0.25, 0.3) is 0 Å². The molecule has 3 fully saturated rings. The van der Waals surface area contributed by atoms with Crippen LogP contribution in [0, 0.1) is 46.3 Å². The van der Waals surface area contributed by atoms with Crippen LogP contribution in [0.5, 0.6) is 0 Å². The molecule has 7 bridgehead atoms. The lowest BCUT2D eigenvalue weighted by Gasteiger charge is -2.58. The summed E-state index contributed by atoms with van der Waals surface area (Å²) in [5.74, 6) is 2.95. The molecule has 9 nitrogen and oxygen atoms in total. The van der Waals surface area contributed by atoms with E-state index < -0.39 is 11.3 Å². The first-order valence-corrected chi connectivity index (χ1v) is 22.8. The van der Waals surface area contributed by atoms with E-state index in [-0.39, 0.29) is 59.4 Å². The molecule has 1 spiro atoms. The normalized spacial score (nSPS) is 36.7. The van der Waals surface area contributed by atoms with Crippen molar-refractivity contribution in [1.82, 2.24) is 15.5 Å². The predicted molar refractivity (Wildman–Crippen MR) is 207 cm³/mol. The maximum absolute atomic E-state index is 14.7. The highest BCUT2D eigenvalue weighted by molar-refractivity contribution is 8.76. The maximum Gasteiger partial charge on any atom is 0.340 e. The number of amides is 2. The molecule has 2 N–H and O–H groups in total. The Morgan fingerprint density at radius 1 is 0.944 bits per heavy atom. The third-order valence-corrected chi connectivity index (χ3v) is 17.3. The zero-order valence-electron chi connectivity index (χ0n) is 31.2. The standard InChI is InChI=1S/C43H49N3O6S2/c1-3-42(14-4-5-15-42)29-8-7-25-18-27-26-12-16-43(37(27)36-34(25)39(29)52-40(36)49)30-9-6-23(2)21-53-54-22-45-31-19-24(13-17-44-31)28(35(26)38(43)41(50)51-30)20-46-32(47)10-11-33(46)48/h9-11,13,19,23,25-28,37,44-45H,3-8,12,14-18,20-22H2,1-2H3. The minimum absolute atomic E-state index is 0.0111. The number of hydrogen-bond acceptors (Lipinski definition) is 10. The molecule has 284 valence electrons. The molecule has 7 unspecified atom stereocenters. The van der Waals surface area contributed by atoms with E-state index in [1.165, 1.54) is 35.5 Å². The summed E-state index contributed by atoms with van der Waals surface area (Å²) in [5, 5.41) is 7.02. The number of nitrogens with one attached hydrogen (secondary N) is 2. The van der Waals surface area contributed by atoms with Crippen molar-refractivity contribution in [1.29, 1.82) is 0 Å². The Morgan fingerprint density at radius 2 is 1.76 bits per heavy atom. The first kappa shape index (κ1) is 35.0. The van der Waals surface area contributed by atoms with Gasteiger partial charge in [0.25, 0.3) is 11.8 Å². The summed E-state index contributed by atoms with van der Waals surface area (Å²) in [6.07, 6.45) is 20.1. The molecular formula is C43H49N3O6S2. The summed E-state index contributed by atoms with van der Waals surface area (Å²) >= 11 is 0. The van der Waals surface area contributed by atoms with Gasteiger partial charge >= 0.3 is 11.9 Å². The largest absolute Gasteiger partial charge is 0.427 e. The van der Waals surface area contributed by atoms with Crippen LogP contribution in [-0.2, 0) is 28.7 Å². The van der Waals surface area contributed by atoms with Gasteiger partial charge in [-0.2, -0.15) is 0 Å². The lowest BCUT2D eigenvalue weighted by molar-refractivity contribution is -0.138. The number of allylic oxidation sites excluding steroid dienone is 5. The van der Waals surface area contributed by atoms with Gasteiger partial charge in [0, 0.05) is 54.0 Å². The van der Waals surface area contributed by atoms with Gasteiger partial charge in [-0.15, -0.1) is 0 Å². The van der Waals surface area contributed by atoms with Crippen molar-refractivity contribution in [2.45, 2.75) is 84.5 Å². The highest BCUT2D eigenvalue weighted by atomic mass is 33.1. The van der Waals surface area contributed by atoms with Gasteiger partial charge in [0.05, 0.1) is 22.7 Å². The van der Waals surface area contributed by atoms with Crippen LogP contribution in [-0.4, -0.2) is 53.4 Å². The molecule has 2 amide bonds. The van der Waals surface area contributed by atoms with E-state index in [9.17, 15) is 19.2 Å². The summed E-state index contributed by atoms with van der Waals surface area (Å²) in [6, 6.07) is 0. The zero-order chi connectivity index (χ0) is 36.9. The summed E-state index contributed by atoms with van der Waals surface area (Å²) in [7, 11) is 3.60. The number of rotatable bonds is 4. The SMILES string of the molecule is CCC1(C2=C3OC(=O)C4=C3C(CC2)CC2C3CCC5(C6=CCC(C)CSSCNC7=CC(=CCN7)C(CN7C(=O)C=CC7=O)C3=C5C(=O)O6)C42)CCCC1. The van der Waals surface area contributed by atoms with E-state index in [0.29, 0.717) is 30.2 Å². The smallest absolute Gasteiger partial charge is 0.340 e. The van der Waals surface area contributed by atoms with Crippen LogP contribution in [0.15, 0.2) is 81.2 Å². The van der Waals surface area contributed by atoms with Gasteiger partial charge in [-0.3, -0.25) is 14.5 Å². The van der Waals surface area contributed by atoms with Crippen molar-refractivity contribution in [3.05, 3.63) is 81.2 Å². The van der Waals surface area contributed by atoms with Gasteiger partial charge in [-0.1, -0.05) is 54.4 Å². The predicted octanol–water partition coefficient (Wildman–Crippen LogP) is 7.14. The summed E-state index contributed by atoms with van der Waals surface area (Å²) < 4.78 is 13.0. The molecule has 11 aliphatic rings. The topological polar surface area (TPSA) is 114 Å². The van der Waals surface area contributed by atoms with E-state index in [1.807, 2.05) is 10.8 Å². The third kappa shape index (κ3) is 5.04. The second kappa shape index (κ2) is 13.1. The summed E-state index contributed by atoms with van der Waals surface area (Å²) in [4.78, 5) is 57.1. The van der Waals surface area contributed by atoms with Gasteiger partial charge in [-0.05, 0) is 116 Å². The van der Waals surface area contributed by atoms with Gasteiger partial charge < -0.3 is 20.1 Å². The molecule has 0 aromatic rings. The Morgan fingerprint density at radius 3 is 2.56 bits per heavy atom. The Bertz CT molecular complexity index is 1960. The number of esters is 2. The van der Waals surface area contributed by atoms with Gasteiger partial charge in [0.2, 0.25) is 0 Å². The fourth-order valence-corrected chi connectivity index (χ4v) is 14.7. The molecule has 0 aromatic carbocycles. The Balaban J connectivity index is 1.20. The number of imide groups is 1. The minimum atomic E-state index is -0.812. The molecule has 11 heteroatoms. The van der Waals surface area contributed by atoms with Crippen molar-refractivity contribution in [2.75, 3.05) is 24.7 Å². The maximum atomic E-state index is 14.7. The van der Waals surface area contributed by atoms with Crippen LogP contribution < -0.4 is 10.6 Å². The Kier molecular flexibility index (Phi) is 8.47. The lowest BCUT2D eigenvalue weighted by Crippen LogP contribution is -2.55. The Hall–Kier alpha value is -3.44. The number of ether oxygens (including phenoxy) is 2. The number of dihydropyridines is 1. The number of carbonyl (C=O) groups excluding carboxylic acids is 4. The van der Waals surface area contributed by atoms with Crippen molar-refractivity contribution in [3.8, 4) is 0 Å².